The van der Waals surface area contributed by atoms with Crippen LogP contribution in [0.2, 0.25) is 0 Å². The highest BCUT2D eigenvalue weighted by atomic mass is 32.2. The summed E-state index contributed by atoms with van der Waals surface area (Å²) in [4.78, 5) is 1.35. The van der Waals surface area contributed by atoms with Crippen LogP contribution in [0.1, 0.15) is 84.0 Å². The van der Waals surface area contributed by atoms with Gasteiger partial charge < -0.3 is 0 Å². The van der Waals surface area contributed by atoms with Crippen molar-refractivity contribution in [3.63, 3.8) is 0 Å². The molecule has 0 aliphatic carbocycles. The molecule has 0 saturated heterocycles. The second-order valence-electron chi connectivity index (χ2n) is 5.03. The van der Waals surface area contributed by atoms with Crippen LogP contribution in [0.4, 0.5) is 0 Å². The van der Waals surface area contributed by atoms with Gasteiger partial charge in [-0.3, -0.25) is 0 Å². The molecular weight excluding hydrogens is 224 g/mol. The molecule has 0 radical (unpaired) electrons. The number of unbranched alkanes of at least 4 members (excludes halogenated alkanes) is 10. The van der Waals surface area contributed by atoms with Crippen LogP contribution in [-0.2, 0) is 0 Å². The van der Waals surface area contributed by atoms with Crippen molar-refractivity contribution >= 4 is 11.8 Å². The minimum Gasteiger partial charge on any atom is -0.135 e. The normalized spacial score (nSPS) is 10.7. The minimum atomic E-state index is 1.22. The Morgan fingerprint density at radius 2 is 1.18 bits per heavy atom. The van der Waals surface area contributed by atoms with Gasteiger partial charge in [-0.05, 0) is 24.0 Å². The molecule has 0 aromatic heterocycles. The number of rotatable bonds is 13. The molecule has 0 saturated carbocycles. The fourth-order valence-electron chi connectivity index (χ4n) is 2.09. The van der Waals surface area contributed by atoms with E-state index < -0.39 is 0 Å². The molecule has 0 spiro atoms. The summed E-state index contributed by atoms with van der Waals surface area (Å²) in [5.41, 5.74) is 0. The zero-order chi connectivity index (χ0) is 12.8. The quantitative estimate of drug-likeness (QED) is 0.336. The maximum atomic E-state index is 4.02. The molecule has 0 aliphatic rings. The molecule has 102 valence electrons. The van der Waals surface area contributed by atoms with Crippen molar-refractivity contribution < 1.29 is 0 Å². The first-order valence-corrected chi connectivity index (χ1v) is 8.75. The molecule has 0 fully saturated rings. The van der Waals surface area contributed by atoms with Gasteiger partial charge in [-0.1, -0.05) is 77.7 Å². The summed E-state index contributed by atoms with van der Waals surface area (Å²) in [6.07, 6.45) is 19.0. The van der Waals surface area contributed by atoms with Gasteiger partial charge in [-0.2, -0.15) is 0 Å². The summed E-state index contributed by atoms with van der Waals surface area (Å²) in [5.74, 6) is 0. The third kappa shape index (κ3) is 14.0. The van der Waals surface area contributed by atoms with Crippen molar-refractivity contribution in [2.24, 2.45) is 0 Å². The summed E-state index contributed by atoms with van der Waals surface area (Å²) in [6.45, 7) is 6.30. The van der Waals surface area contributed by atoms with Crippen LogP contribution >= 0.6 is 11.8 Å². The van der Waals surface area contributed by atoms with E-state index in [2.05, 4.69) is 19.8 Å². The smallest absolute Gasteiger partial charge is 0.0140 e. The first kappa shape index (κ1) is 17.1. The summed E-state index contributed by atoms with van der Waals surface area (Å²) in [5, 5.41) is 0. The van der Waals surface area contributed by atoms with E-state index in [0.717, 1.165) is 0 Å². The van der Waals surface area contributed by atoms with Crippen molar-refractivity contribution in [3.05, 3.63) is 11.5 Å². The van der Waals surface area contributed by atoms with Gasteiger partial charge in [-0.25, -0.2) is 0 Å². The summed E-state index contributed by atoms with van der Waals surface area (Å²) >= 11 is 1.81. The largest absolute Gasteiger partial charge is 0.135 e. The number of thioether (sulfide) groups is 1. The van der Waals surface area contributed by atoms with Crippen molar-refractivity contribution in [1.82, 2.24) is 0 Å². The van der Waals surface area contributed by atoms with Crippen LogP contribution < -0.4 is 0 Å². The summed E-state index contributed by atoms with van der Waals surface area (Å²) < 4.78 is 0. The van der Waals surface area contributed by atoms with Crippen LogP contribution in [0.15, 0.2) is 11.5 Å². The molecule has 0 aliphatic heterocycles. The third-order valence-electron chi connectivity index (χ3n) is 3.35. The Morgan fingerprint density at radius 1 is 0.765 bits per heavy atom. The third-order valence-corrected chi connectivity index (χ3v) is 4.13. The highest BCUT2D eigenvalue weighted by Crippen LogP contribution is 2.18. The Morgan fingerprint density at radius 3 is 1.59 bits per heavy atom. The average Bonchev–Trinajstić information content (AvgIpc) is 2.35. The first-order valence-electron chi connectivity index (χ1n) is 7.53. The lowest BCUT2D eigenvalue weighted by molar-refractivity contribution is 0.550. The van der Waals surface area contributed by atoms with E-state index in [1.165, 1.54) is 82.0 Å². The van der Waals surface area contributed by atoms with Crippen molar-refractivity contribution in [3.8, 4) is 0 Å². The van der Waals surface area contributed by atoms with E-state index in [-0.39, 0.29) is 0 Å². The van der Waals surface area contributed by atoms with Gasteiger partial charge in [0.25, 0.3) is 0 Å². The van der Waals surface area contributed by atoms with Crippen molar-refractivity contribution in [2.45, 2.75) is 84.0 Å². The van der Waals surface area contributed by atoms with Gasteiger partial charge in [0.15, 0.2) is 0 Å². The molecule has 0 rings (SSSR count). The fraction of sp³-hybridized carbons (Fsp3) is 0.875. The number of hydrogen-bond acceptors (Lipinski definition) is 1. The standard InChI is InChI=1S/C16H32S/c1-4-5-6-7-8-9-10-11-12-13-14-15-16(2)17-3/h2,4-15H2,1,3H3. The molecule has 0 aromatic rings. The van der Waals surface area contributed by atoms with Crippen LogP contribution in [-0.4, -0.2) is 6.26 Å². The Labute approximate surface area is 114 Å². The number of allylic oxidation sites excluding steroid dienone is 1. The summed E-state index contributed by atoms with van der Waals surface area (Å²) in [7, 11) is 0. The van der Waals surface area contributed by atoms with Gasteiger partial charge in [0.1, 0.15) is 0 Å². The van der Waals surface area contributed by atoms with Crippen LogP contribution in [0.5, 0.6) is 0 Å². The Bertz CT molecular complexity index is 163. The van der Waals surface area contributed by atoms with Crippen LogP contribution in [0.3, 0.4) is 0 Å². The lowest BCUT2D eigenvalue weighted by Gasteiger charge is -2.03. The van der Waals surface area contributed by atoms with Gasteiger partial charge >= 0.3 is 0 Å². The molecule has 0 atom stereocenters. The second kappa shape index (κ2) is 14.2. The molecular formula is C16H32S. The number of hydrogen-bond donors (Lipinski definition) is 0. The predicted octanol–water partition coefficient (Wildman–Crippen LogP) is 6.56. The van der Waals surface area contributed by atoms with E-state index in [1.807, 2.05) is 11.8 Å². The Hall–Kier alpha value is 0.0900. The zero-order valence-corrected chi connectivity index (χ0v) is 12.9. The maximum absolute atomic E-state index is 4.02. The van der Waals surface area contributed by atoms with E-state index >= 15 is 0 Å². The highest BCUT2D eigenvalue weighted by Gasteiger charge is 1.94. The van der Waals surface area contributed by atoms with Crippen LogP contribution in [0.25, 0.3) is 0 Å². The van der Waals surface area contributed by atoms with E-state index in [1.54, 1.807) is 0 Å². The minimum absolute atomic E-state index is 1.22. The molecule has 0 nitrogen and oxygen atoms in total. The maximum Gasteiger partial charge on any atom is -0.0140 e. The molecule has 0 aromatic carbocycles. The second-order valence-corrected chi connectivity index (χ2v) is 6.01. The van der Waals surface area contributed by atoms with Gasteiger partial charge in [0.2, 0.25) is 0 Å². The predicted molar refractivity (Wildman–Crippen MR) is 83.7 cm³/mol. The fourth-order valence-corrected chi connectivity index (χ4v) is 2.44. The van der Waals surface area contributed by atoms with E-state index in [9.17, 15) is 0 Å². The highest BCUT2D eigenvalue weighted by molar-refractivity contribution is 8.02. The molecule has 1 heteroatoms. The van der Waals surface area contributed by atoms with E-state index in [4.69, 9.17) is 0 Å². The Balaban J connectivity index is 2.96. The molecule has 0 unspecified atom stereocenters. The van der Waals surface area contributed by atoms with Crippen molar-refractivity contribution in [2.75, 3.05) is 6.26 Å². The van der Waals surface area contributed by atoms with Crippen molar-refractivity contribution in [1.29, 1.82) is 0 Å². The first-order chi connectivity index (χ1) is 8.31. The zero-order valence-electron chi connectivity index (χ0n) is 12.1. The SMILES string of the molecule is C=C(CCCCCCCCCCCCC)SC. The van der Waals surface area contributed by atoms with E-state index in [0.29, 0.717) is 0 Å². The molecule has 0 amide bonds. The Kier molecular flexibility index (Phi) is 14.2. The van der Waals surface area contributed by atoms with Crippen LogP contribution in [0, 0.1) is 0 Å². The van der Waals surface area contributed by atoms with Gasteiger partial charge in [0, 0.05) is 0 Å². The van der Waals surface area contributed by atoms with Gasteiger partial charge in [-0.15, -0.1) is 11.8 Å². The lowest BCUT2D eigenvalue weighted by atomic mass is 10.1. The monoisotopic (exact) mass is 256 g/mol. The molecule has 0 N–H and O–H groups in total. The molecule has 17 heavy (non-hydrogen) atoms. The average molecular weight is 256 g/mol. The lowest BCUT2D eigenvalue weighted by Crippen LogP contribution is -1.82. The topological polar surface area (TPSA) is 0 Å². The summed E-state index contributed by atoms with van der Waals surface area (Å²) in [6, 6.07) is 0. The molecule has 0 bridgehead atoms. The van der Waals surface area contributed by atoms with Gasteiger partial charge in [0.05, 0.1) is 0 Å². The molecule has 0 heterocycles.